The van der Waals surface area contributed by atoms with Crippen LogP contribution in [0.25, 0.3) is 0 Å². The third-order valence-electron chi connectivity index (χ3n) is 8.30. The van der Waals surface area contributed by atoms with E-state index >= 15 is 0 Å². The molecule has 3 fully saturated rings. The fraction of sp³-hybridized carbons (Fsp3) is 0.519. The second-order valence-corrected chi connectivity index (χ2v) is 10.7. The number of morpholine rings is 1. The quantitative estimate of drug-likeness (QED) is 0.610. The third kappa shape index (κ3) is 4.51. The highest BCUT2D eigenvalue weighted by Crippen LogP contribution is 2.42. The molecule has 2 saturated heterocycles. The van der Waals surface area contributed by atoms with E-state index in [0.29, 0.717) is 36.6 Å². The van der Waals surface area contributed by atoms with Crippen LogP contribution in [-0.4, -0.2) is 64.8 Å². The van der Waals surface area contributed by atoms with Crippen LogP contribution in [0.4, 0.5) is 24.5 Å². The predicted molar refractivity (Wildman–Crippen MR) is 132 cm³/mol. The highest BCUT2D eigenvalue weighted by atomic mass is 19.4. The van der Waals surface area contributed by atoms with Crippen molar-refractivity contribution in [2.24, 2.45) is 5.92 Å². The molecule has 1 aromatic heterocycles. The predicted octanol–water partition coefficient (Wildman–Crippen LogP) is 3.84. The molecule has 2 amide bonds. The smallest absolute Gasteiger partial charge is 0.396 e. The Morgan fingerprint density at radius 2 is 1.92 bits per heavy atom. The minimum absolute atomic E-state index is 0.0493. The van der Waals surface area contributed by atoms with Crippen molar-refractivity contribution in [2.45, 2.75) is 63.0 Å². The number of hydrogen-bond donors (Lipinski definition) is 2. The Hall–Kier alpha value is -3.18. The van der Waals surface area contributed by atoms with Gasteiger partial charge >= 0.3 is 6.18 Å². The highest BCUT2D eigenvalue weighted by Gasteiger charge is 2.42. The van der Waals surface area contributed by atoms with Gasteiger partial charge < -0.3 is 25.0 Å². The molecule has 2 atom stereocenters. The number of aromatic nitrogens is 1. The van der Waals surface area contributed by atoms with E-state index in [1.165, 1.54) is 6.07 Å². The number of nitrogens with zero attached hydrogens (tertiary/aromatic N) is 3. The summed E-state index contributed by atoms with van der Waals surface area (Å²) in [6.07, 6.45) is -0.358. The Bertz CT molecular complexity index is 1260. The third-order valence-corrected chi connectivity index (χ3v) is 8.30. The van der Waals surface area contributed by atoms with Crippen LogP contribution < -0.4 is 10.2 Å². The maximum Gasteiger partial charge on any atom is 0.433 e. The average molecular weight is 531 g/mol. The molecule has 4 heterocycles. The van der Waals surface area contributed by atoms with Crippen LogP contribution in [0.5, 0.6) is 0 Å². The number of alkyl halides is 3. The van der Waals surface area contributed by atoms with Gasteiger partial charge in [-0.2, -0.15) is 13.2 Å². The highest BCUT2D eigenvalue weighted by molar-refractivity contribution is 6.07. The number of benzene rings is 1. The van der Waals surface area contributed by atoms with Gasteiger partial charge in [0.05, 0.1) is 30.1 Å². The summed E-state index contributed by atoms with van der Waals surface area (Å²) in [6, 6.07) is 7.01. The Kier molecular flexibility index (Phi) is 6.30. The summed E-state index contributed by atoms with van der Waals surface area (Å²) >= 11 is 0. The zero-order valence-corrected chi connectivity index (χ0v) is 20.7. The molecule has 2 aromatic rings. The van der Waals surface area contributed by atoms with Gasteiger partial charge in [0, 0.05) is 31.3 Å². The number of halogens is 3. The van der Waals surface area contributed by atoms with Gasteiger partial charge in [0.15, 0.2) is 0 Å². The van der Waals surface area contributed by atoms with Crippen molar-refractivity contribution in [3.05, 3.63) is 52.8 Å². The first-order valence-corrected chi connectivity index (χ1v) is 13.0. The molecule has 6 rings (SSSR count). The van der Waals surface area contributed by atoms with Gasteiger partial charge in [-0.05, 0) is 67.9 Å². The minimum atomic E-state index is -4.66. The van der Waals surface area contributed by atoms with Crippen molar-refractivity contribution in [1.82, 2.24) is 9.88 Å². The fourth-order valence-corrected chi connectivity index (χ4v) is 6.24. The summed E-state index contributed by atoms with van der Waals surface area (Å²) in [5.41, 5.74) is 0.999. The van der Waals surface area contributed by atoms with E-state index in [-0.39, 0.29) is 42.3 Å². The van der Waals surface area contributed by atoms with E-state index in [4.69, 9.17) is 4.74 Å². The second-order valence-electron chi connectivity index (χ2n) is 10.7. The van der Waals surface area contributed by atoms with E-state index in [1.54, 1.807) is 6.07 Å². The topological polar surface area (TPSA) is 95.0 Å². The number of pyridine rings is 1. The maximum atomic E-state index is 13.5. The molecule has 2 bridgehead atoms. The monoisotopic (exact) mass is 530 g/mol. The molecular weight excluding hydrogens is 501 g/mol. The summed E-state index contributed by atoms with van der Waals surface area (Å²) in [7, 11) is 0. The average Bonchev–Trinajstić information content (AvgIpc) is 3.63. The largest absolute Gasteiger partial charge is 0.433 e. The van der Waals surface area contributed by atoms with Crippen molar-refractivity contribution in [1.29, 1.82) is 0 Å². The molecule has 4 aliphatic rings. The normalized spacial score (nSPS) is 26.7. The molecule has 3 aliphatic heterocycles. The molecule has 0 spiro atoms. The number of carbonyl (C=O) groups is 2. The van der Waals surface area contributed by atoms with Crippen LogP contribution in [0.2, 0.25) is 0 Å². The van der Waals surface area contributed by atoms with Crippen LogP contribution in [0.3, 0.4) is 0 Å². The number of aliphatic hydroxyl groups is 1. The Morgan fingerprint density at radius 3 is 2.58 bits per heavy atom. The van der Waals surface area contributed by atoms with Gasteiger partial charge in [0.1, 0.15) is 11.4 Å². The number of carbonyl (C=O) groups excluding carboxylic acids is 2. The Balaban J connectivity index is 1.30. The standard InChI is InChI=1S/C27H29F3N4O4/c28-27(29,30)24-3-1-2-21(31-24)25(36)32-22-8-16-11-34(17-6-4-15(13-35)5-7-17)26(37)20(16)10-23(22)33-12-19-9-18(33)14-38-19/h1-3,8,10,15,17-19,35H,4-7,9,11-14H2,(H,32,36)/t15-,17-,18-,19-/m1/s1. The number of rotatable bonds is 5. The maximum absolute atomic E-state index is 13.5. The molecule has 1 aromatic carbocycles. The summed E-state index contributed by atoms with van der Waals surface area (Å²) in [5.74, 6) is -0.523. The van der Waals surface area contributed by atoms with E-state index in [9.17, 15) is 27.9 Å². The molecule has 0 radical (unpaired) electrons. The van der Waals surface area contributed by atoms with Gasteiger partial charge in [-0.3, -0.25) is 9.59 Å². The second kappa shape index (κ2) is 9.53. The minimum Gasteiger partial charge on any atom is -0.396 e. The lowest BCUT2D eigenvalue weighted by atomic mass is 9.86. The molecule has 202 valence electrons. The molecule has 11 heteroatoms. The summed E-state index contributed by atoms with van der Waals surface area (Å²) < 4.78 is 45.2. The van der Waals surface area contributed by atoms with E-state index < -0.39 is 17.8 Å². The van der Waals surface area contributed by atoms with Crippen molar-refractivity contribution < 1.29 is 32.6 Å². The van der Waals surface area contributed by atoms with Crippen molar-refractivity contribution in [2.75, 3.05) is 30.0 Å². The molecule has 8 nitrogen and oxygen atoms in total. The molecule has 1 saturated carbocycles. The summed E-state index contributed by atoms with van der Waals surface area (Å²) in [5, 5.41) is 12.3. The van der Waals surface area contributed by atoms with Crippen LogP contribution in [0.1, 0.15) is 64.2 Å². The van der Waals surface area contributed by atoms with Crippen LogP contribution in [0.15, 0.2) is 30.3 Å². The van der Waals surface area contributed by atoms with E-state index in [2.05, 4.69) is 15.2 Å². The number of fused-ring (bicyclic) bond motifs is 3. The van der Waals surface area contributed by atoms with Crippen LogP contribution >= 0.6 is 0 Å². The van der Waals surface area contributed by atoms with E-state index in [0.717, 1.165) is 49.8 Å². The Morgan fingerprint density at radius 1 is 1.13 bits per heavy atom. The molecular formula is C27H29F3N4O4. The molecule has 1 aliphatic carbocycles. The Labute approximate surface area is 217 Å². The van der Waals surface area contributed by atoms with Gasteiger partial charge in [-0.15, -0.1) is 0 Å². The first-order valence-electron chi connectivity index (χ1n) is 13.0. The van der Waals surface area contributed by atoms with Crippen molar-refractivity contribution in [3.63, 3.8) is 0 Å². The van der Waals surface area contributed by atoms with Crippen LogP contribution in [-0.2, 0) is 17.5 Å². The zero-order valence-electron chi connectivity index (χ0n) is 20.7. The summed E-state index contributed by atoms with van der Waals surface area (Å²) in [4.78, 5) is 34.1. The lowest BCUT2D eigenvalue weighted by Crippen LogP contribution is -2.39. The first kappa shape index (κ1) is 25.1. The van der Waals surface area contributed by atoms with Crippen molar-refractivity contribution in [3.8, 4) is 0 Å². The number of anilines is 2. The van der Waals surface area contributed by atoms with Crippen LogP contribution in [0, 0.1) is 5.92 Å². The SMILES string of the molecule is O=C(Nc1cc2c(cc1N1C[C@H]3C[C@@H]1CO3)C(=O)N([C@H]1CC[C@H](CO)CC1)C2)c1cccc(C(F)(F)F)n1. The summed E-state index contributed by atoms with van der Waals surface area (Å²) in [6.45, 7) is 1.72. The van der Waals surface area contributed by atoms with Gasteiger partial charge in [0.2, 0.25) is 0 Å². The molecule has 38 heavy (non-hydrogen) atoms. The number of nitrogens with one attached hydrogen (secondary N) is 1. The van der Waals surface area contributed by atoms with Gasteiger partial charge in [-0.1, -0.05) is 6.07 Å². The van der Waals surface area contributed by atoms with Crippen molar-refractivity contribution >= 4 is 23.2 Å². The zero-order chi connectivity index (χ0) is 26.6. The lowest BCUT2D eigenvalue weighted by molar-refractivity contribution is -0.141. The molecule has 2 N–H and O–H groups in total. The number of amides is 2. The molecule has 0 unspecified atom stereocenters. The fourth-order valence-electron chi connectivity index (χ4n) is 6.24. The number of aliphatic hydroxyl groups excluding tert-OH is 1. The van der Waals surface area contributed by atoms with Gasteiger partial charge in [0.25, 0.3) is 11.8 Å². The number of hydrogen-bond acceptors (Lipinski definition) is 6. The van der Waals surface area contributed by atoms with Gasteiger partial charge in [-0.25, -0.2) is 4.98 Å². The van der Waals surface area contributed by atoms with E-state index in [1.807, 2.05) is 11.0 Å². The number of ether oxygens (including phenoxy) is 1. The first-order chi connectivity index (χ1) is 18.2. The lowest BCUT2D eigenvalue weighted by Gasteiger charge is -2.34.